The van der Waals surface area contributed by atoms with Crippen molar-refractivity contribution in [2.24, 2.45) is 0 Å². The van der Waals surface area contributed by atoms with E-state index in [2.05, 4.69) is 5.32 Å². The number of ether oxygens (including phenoxy) is 2. The number of methoxy groups -OCH3 is 1. The van der Waals surface area contributed by atoms with Crippen LogP contribution >= 0.6 is 11.8 Å². The lowest BCUT2D eigenvalue weighted by Gasteiger charge is -2.26. The van der Waals surface area contributed by atoms with Crippen molar-refractivity contribution < 1.29 is 14.3 Å². The Morgan fingerprint density at radius 1 is 1.45 bits per heavy atom. The van der Waals surface area contributed by atoms with Crippen LogP contribution in [0.1, 0.15) is 12.0 Å². The third-order valence-corrected chi connectivity index (χ3v) is 4.78. The summed E-state index contributed by atoms with van der Waals surface area (Å²) in [4.78, 5) is 11.8. The van der Waals surface area contributed by atoms with Crippen LogP contribution in [0.25, 0.3) is 0 Å². The lowest BCUT2D eigenvalue weighted by atomic mass is 10.0. The molecule has 110 valence electrons. The second-order valence-corrected chi connectivity index (χ2v) is 6.13. The number of nitrogens with one attached hydrogen (secondary N) is 1. The molecule has 0 bridgehead atoms. The summed E-state index contributed by atoms with van der Waals surface area (Å²) in [6, 6.07) is 7.67. The molecule has 0 spiro atoms. The van der Waals surface area contributed by atoms with Crippen molar-refractivity contribution in [3.63, 3.8) is 0 Å². The Labute approximate surface area is 124 Å². The van der Waals surface area contributed by atoms with Gasteiger partial charge in [-0.3, -0.25) is 4.79 Å². The van der Waals surface area contributed by atoms with Crippen molar-refractivity contribution in [2.45, 2.75) is 18.9 Å². The van der Waals surface area contributed by atoms with Gasteiger partial charge in [0.1, 0.15) is 5.75 Å². The molecule has 4 nitrogen and oxygen atoms in total. The average Bonchev–Trinajstić information content (AvgIpc) is 2.94. The van der Waals surface area contributed by atoms with Crippen LogP contribution in [0.5, 0.6) is 5.75 Å². The summed E-state index contributed by atoms with van der Waals surface area (Å²) in [5.41, 5.74) is 0.823. The molecule has 1 saturated heterocycles. The number of benzene rings is 1. The first-order valence-corrected chi connectivity index (χ1v) is 7.89. The normalized spacial score (nSPS) is 21.7. The van der Waals surface area contributed by atoms with E-state index in [4.69, 9.17) is 9.47 Å². The van der Waals surface area contributed by atoms with Crippen molar-refractivity contribution in [2.75, 3.05) is 31.8 Å². The molecule has 0 aliphatic carbocycles. The van der Waals surface area contributed by atoms with Gasteiger partial charge >= 0.3 is 0 Å². The number of para-hydroxylation sites is 1. The minimum atomic E-state index is -0.205. The molecule has 1 aromatic rings. The van der Waals surface area contributed by atoms with Crippen LogP contribution in [-0.2, 0) is 9.53 Å². The quantitative estimate of drug-likeness (QED) is 0.872. The minimum absolute atomic E-state index is 0.0395. The zero-order chi connectivity index (χ0) is 14.4. The molecule has 1 aliphatic heterocycles. The standard InChI is InChI=1S/C15H21NO3S/c1-12-5-3-4-6-13(12)19-9-14(17)16-10-15(18-2)7-8-20-11-15/h3-6H,7-11H2,1-2H3,(H,16,17)/t15-/m0/s1. The highest BCUT2D eigenvalue weighted by atomic mass is 32.2. The molecule has 2 rings (SSSR count). The van der Waals surface area contributed by atoms with Crippen LogP contribution in [0.3, 0.4) is 0 Å². The fourth-order valence-electron chi connectivity index (χ4n) is 2.13. The highest BCUT2D eigenvalue weighted by Gasteiger charge is 2.34. The predicted molar refractivity (Wildman–Crippen MR) is 81.4 cm³/mol. The van der Waals surface area contributed by atoms with Crippen LogP contribution < -0.4 is 10.1 Å². The van der Waals surface area contributed by atoms with Gasteiger partial charge in [0.05, 0.1) is 5.60 Å². The summed E-state index contributed by atoms with van der Waals surface area (Å²) in [6.07, 6.45) is 0.979. The lowest BCUT2D eigenvalue weighted by molar-refractivity contribution is -0.124. The largest absolute Gasteiger partial charge is 0.484 e. The Morgan fingerprint density at radius 2 is 2.25 bits per heavy atom. The average molecular weight is 295 g/mol. The topological polar surface area (TPSA) is 47.6 Å². The molecule has 5 heteroatoms. The predicted octanol–water partition coefficient (Wildman–Crippen LogP) is 2.01. The van der Waals surface area contributed by atoms with Crippen LogP contribution in [0.2, 0.25) is 0 Å². The van der Waals surface area contributed by atoms with E-state index in [9.17, 15) is 4.79 Å². The second-order valence-electron chi connectivity index (χ2n) is 5.02. The molecule has 20 heavy (non-hydrogen) atoms. The fraction of sp³-hybridized carbons (Fsp3) is 0.533. The third-order valence-electron chi connectivity index (χ3n) is 3.56. The highest BCUT2D eigenvalue weighted by molar-refractivity contribution is 7.99. The molecule has 1 fully saturated rings. The molecule has 0 radical (unpaired) electrons. The van der Waals surface area contributed by atoms with Gasteiger partial charge in [-0.05, 0) is 30.7 Å². The highest BCUT2D eigenvalue weighted by Crippen LogP contribution is 2.30. The van der Waals surface area contributed by atoms with Crippen LogP contribution in [0, 0.1) is 6.92 Å². The van der Waals surface area contributed by atoms with Crippen LogP contribution in [0.15, 0.2) is 24.3 Å². The van der Waals surface area contributed by atoms with E-state index in [1.54, 1.807) is 7.11 Å². The zero-order valence-electron chi connectivity index (χ0n) is 12.0. The zero-order valence-corrected chi connectivity index (χ0v) is 12.8. The Morgan fingerprint density at radius 3 is 2.90 bits per heavy atom. The van der Waals surface area contributed by atoms with Crippen molar-refractivity contribution >= 4 is 17.7 Å². The van der Waals surface area contributed by atoms with Gasteiger partial charge in [-0.1, -0.05) is 18.2 Å². The molecule has 1 amide bonds. The molecule has 1 aliphatic rings. The number of aryl methyl sites for hydroxylation is 1. The molecule has 0 saturated carbocycles. The number of rotatable bonds is 6. The van der Waals surface area contributed by atoms with Gasteiger partial charge in [0, 0.05) is 19.4 Å². The van der Waals surface area contributed by atoms with E-state index < -0.39 is 0 Å². The Kier molecular flexibility index (Phi) is 5.31. The molecular formula is C15H21NO3S. The lowest BCUT2D eigenvalue weighted by Crippen LogP contribution is -2.45. The van der Waals surface area contributed by atoms with Crippen molar-refractivity contribution in [1.29, 1.82) is 0 Å². The van der Waals surface area contributed by atoms with Gasteiger partial charge in [0.25, 0.3) is 5.91 Å². The summed E-state index contributed by atoms with van der Waals surface area (Å²) in [5.74, 6) is 2.66. The summed E-state index contributed by atoms with van der Waals surface area (Å²) < 4.78 is 11.1. The van der Waals surface area contributed by atoms with Crippen molar-refractivity contribution in [3.8, 4) is 5.75 Å². The maximum Gasteiger partial charge on any atom is 0.258 e. The summed E-state index contributed by atoms with van der Waals surface area (Å²) in [6.45, 7) is 2.55. The van der Waals surface area contributed by atoms with Gasteiger partial charge in [0.2, 0.25) is 0 Å². The number of hydrogen-bond donors (Lipinski definition) is 1. The fourth-order valence-corrected chi connectivity index (χ4v) is 3.53. The maximum absolute atomic E-state index is 11.8. The van der Waals surface area contributed by atoms with E-state index in [1.165, 1.54) is 0 Å². The van der Waals surface area contributed by atoms with E-state index >= 15 is 0 Å². The smallest absolute Gasteiger partial charge is 0.258 e. The Balaban J connectivity index is 1.77. The van der Waals surface area contributed by atoms with E-state index in [-0.39, 0.29) is 18.1 Å². The van der Waals surface area contributed by atoms with Crippen LogP contribution in [-0.4, -0.2) is 43.3 Å². The molecule has 1 atom stereocenters. The molecular weight excluding hydrogens is 274 g/mol. The number of amides is 1. The number of hydrogen-bond acceptors (Lipinski definition) is 4. The Hall–Kier alpha value is -1.20. The SMILES string of the molecule is CO[C@]1(CNC(=O)COc2ccccc2C)CCSC1. The molecule has 1 N–H and O–H groups in total. The van der Waals surface area contributed by atoms with Crippen molar-refractivity contribution in [3.05, 3.63) is 29.8 Å². The Bertz CT molecular complexity index is 458. The van der Waals surface area contributed by atoms with Gasteiger partial charge in [0.15, 0.2) is 6.61 Å². The molecule has 1 aromatic carbocycles. The first kappa shape index (κ1) is 15.2. The second kappa shape index (κ2) is 6.99. The number of carbonyl (C=O) groups excluding carboxylic acids is 1. The first-order valence-electron chi connectivity index (χ1n) is 6.73. The minimum Gasteiger partial charge on any atom is -0.484 e. The van der Waals surface area contributed by atoms with Gasteiger partial charge in [-0.25, -0.2) is 0 Å². The first-order chi connectivity index (χ1) is 9.65. The maximum atomic E-state index is 11.8. The summed E-state index contributed by atoms with van der Waals surface area (Å²) in [5, 5.41) is 2.90. The third kappa shape index (κ3) is 3.90. The molecule has 0 unspecified atom stereocenters. The summed E-state index contributed by atoms with van der Waals surface area (Å²) >= 11 is 1.86. The monoisotopic (exact) mass is 295 g/mol. The van der Waals surface area contributed by atoms with Gasteiger partial charge in [-0.2, -0.15) is 11.8 Å². The van der Waals surface area contributed by atoms with E-state index in [0.29, 0.717) is 6.54 Å². The van der Waals surface area contributed by atoms with Crippen molar-refractivity contribution in [1.82, 2.24) is 5.32 Å². The molecule has 0 aromatic heterocycles. The van der Waals surface area contributed by atoms with E-state index in [1.807, 2.05) is 43.0 Å². The van der Waals surface area contributed by atoms with Gasteiger partial charge in [-0.15, -0.1) is 0 Å². The van der Waals surface area contributed by atoms with Gasteiger partial charge < -0.3 is 14.8 Å². The number of carbonyl (C=O) groups is 1. The van der Waals surface area contributed by atoms with Crippen LogP contribution in [0.4, 0.5) is 0 Å². The number of thioether (sulfide) groups is 1. The molecule has 1 heterocycles. The van der Waals surface area contributed by atoms with E-state index in [0.717, 1.165) is 29.2 Å². The summed E-state index contributed by atoms with van der Waals surface area (Å²) in [7, 11) is 1.71.